The van der Waals surface area contributed by atoms with Crippen LogP contribution >= 0.6 is 27.5 Å². The second-order valence-corrected chi connectivity index (χ2v) is 7.62. The maximum Gasteiger partial charge on any atom is 0.242 e. The van der Waals surface area contributed by atoms with Crippen molar-refractivity contribution in [3.8, 4) is 0 Å². The van der Waals surface area contributed by atoms with Crippen LogP contribution in [-0.2, 0) is 10.0 Å². The monoisotopic (exact) mass is 351 g/mol. The average molecular weight is 353 g/mol. The molecule has 100 valence electrons. The second kappa shape index (κ2) is 5.90. The van der Waals surface area contributed by atoms with Crippen molar-refractivity contribution in [3.05, 3.63) is 27.7 Å². The van der Waals surface area contributed by atoms with Crippen molar-refractivity contribution in [2.45, 2.75) is 30.6 Å². The molecule has 0 unspecified atom stereocenters. The van der Waals surface area contributed by atoms with E-state index < -0.39 is 10.0 Å². The minimum Gasteiger partial charge on any atom is -0.211 e. The molecule has 0 radical (unpaired) electrons. The zero-order valence-electron chi connectivity index (χ0n) is 9.83. The topological polar surface area (TPSA) is 46.2 Å². The van der Waals surface area contributed by atoms with Gasteiger partial charge in [-0.05, 0) is 30.5 Å². The fourth-order valence-electron chi connectivity index (χ4n) is 1.95. The van der Waals surface area contributed by atoms with E-state index in [0.717, 1.165) is 10.9 Å². The smallest absolute Gasteiger partial charge is 0.211 e. The van der Waals surface area contributed by atoms with Gasteiger partial charge in [-0.15, -0.1) is 0 Å². The Morgan fingerprint density at radius 1 is 1.39 bits per heavy atom. The zero-order chi connectivity index (χ0) is 13.2. The maximum absolute atomic E-state index is 12.0. The fraction of sp³-hybridized carbons (Fsp3) is 0.500. The summed E-state index contributed by atoms with van der Waals surface area (Å²) < 4.78 is 27.5. The Kier molecular flexibility index (Phi) is 4.69. The van der Waals surface area contributed by atoms with Crippen LogP contribution < -0.4 is 4.72 Å². The normalized spacial score (nSPS) is 16.6. The molecule has 1 aromatic carbocycles. The molecule has 0 amide bonds. The first kappa shape index (κ1) is 14.3. The minimum atomic E-state index is -3.49. The molecule has 0 saturated heterocycles. The van der Waals surface area contributed by atoms with Gasteiger partial charge in [0.05, 0.1) is 5.02 Å². The number of hydrogen-bond acceptors (Lipinski definition) is 2. The van der Waals surface area contributed by atoms with Crippen molar-refractivity contribution in [2.24, 2.45) is 5.92 Å². The molecule has 2 rings (SSSR count). The van der Waals surface area contributed by atoms with Gasteiger partial charge >= 0.3 is 0 Å². The fourth-order valence-corrected chi connectivity index (χ4v) is 4.03. The Morgan fingerprint density at radius 3 is 2.67 bits per heavy atom. The summed E-state index contributed by atoms with van der Waals surface area (Å²) in [6, 6.07) is 4.77. The summed E-state index contributed by atoms with van der Waals surface area (Å²) in [6.07, 6.45) is 4.63. The van der Waals surface area contributed by atoms with E-state index in [-0.39, 0.29) is 9.92 Å². The molecule has 1 saturated carbocycles. The highest BCUT2D eigenvalue weighted by Gasteiger charge is 2.20. The number of nitrogens with one attached hydrogen (secondary N) is 1. The molecular formula is C12H15BrClNO2S. The van der Waals surface area contributed by atoms with Gasteiger partial charge in [-0.1, -0.05) is 46.8 Å². The molecule has 1 aliphatic rings. The van der Waals surface area contributed by atoms with Crippen LogP contribution in [-0.4, -0.2) is 15.0 Å². The van der Waals surface area contributed by atoms with Crippen LogP contribution in [0.3, 0.4) is 0 Å². The minimum absolute atomic E-state index is 0.140. The molecule has 1 fully saturated rings. The lowest BCUT2D eigenvalue weighted by Crippen LogP contribution is -2.27. The van der Waals surface area contributed by atoms with Crippen molar-refractivity contribution < 1.29 is 8.42 Å². The highest BCUT2D eigenvalue weighted by atomic mass is 79.9. The van der Waals surface area contributed by atoms with E-state index in [1.54, 1.807) is 12.1 Å². The first-order valence-corrected chi connectivity index (χ1v) is 8.59. The van der Waals surface area contributed by atoms with Gasteiger partial charge in [0.15, 0.2) is 0 Å². The van der Waals surface area contributed by atoms with E-state index >= 15 is 0 Å². The van der Waals surface area contributed by atoms with Gasteiger partial charge in [-0.2, -0.15) is 0 Å². The predicted molar refractivity (Wildman–Crippen MR) is 76.3 cm³/mol. The summed E-state index contributed by atoms with van der Waals surface area (Å²) in [5.41, 5.74) is 0. The average Bonchev–Trinajstić information content (AvgIpc) is 2.21. The largest absolute Gasteiger partial charge is 0.242 e. The lowest BCUT2D eigenvalue weighted by Gasteiger charge is -2.25. The van der Waals surface area contributed by atoms with Crippen LogP contribution in [0.4, 0.5) is 0 Å². The number of hydrogen-bond donors (Lipinski definition) is 1. The van der Waals surface area contributed by atoms with Crippen LogP contribution in [0.5, 0.6) is 0 Å². The highest BCUT2D eigenvalue weighted by Crippen LogP contribution is 2.29. The number of sulfonamides is 1. The van der Waals surface area contributed by atoms with Crippen molar-refractivity contribution >= 4 is 37.6 Å². The Labute approximate surface area is 121 Å². The molecule has 18 heavy (non-hydrogen) atoms. The third-order valence-electron chi connectivity index (χ3n) is 3.25. The van der Waals surface area contributed by atoms with E-state index in [1.807, 2.05) is 0 Å². The SMILES string of the molecule is O=S(=O)(NCCC1CCC1)c1ccc(Br)cc1Cl. The van der Waals surface area contributed by atoms with Gasteiger partial charge in [-0.3, -0.25) is 0 Å². The van der Waals surface area contributed by atoms with Crippen molar-refractivity contribution in [1.82, 2.24) is 4.72 Å². The lowest BCUT2D eigenvalue weighted by molar-refractivity contribution is 0.297. The molecule has 6 heteroatoms. The van der Waals surface area contributed by atoms with Gasteiger partial charge in [0, 0.05) is 11.0 Å². The van der Waals surface area contributed by atoms with Crippen LogP contribution in [0.25, 0.3) is 0 Å². The van der Waals surface area contributed by atoms with Gasteiger partial charge < -0.3 is 0 Å². The van der Waals surface area contributed by atoms with Gasteiger partial charge in [0.2, 0.25) is 10.0 Å². The Hall–Kier alpha value is -0.100. The third-order valence-corrected chi connectivity index (χ3v) is 5.69. The Morgan fingerprint density at radius 2 is 2.11 bits per heavy atom. The molecule has 1 aromatic rings. The van der Waals surface area contributed by atoms with Crippen molar-refractivity contribution in [3.63, 3.8) is 0 Å². The van der Waals surface area contributed by atoms with E-state index in [4.69, 9.17) is 11.6 Å². The quantitative estimate of drug-likeness (QED) is 0.880. The second-order valence-electron chi connectivity index (χ2n) is 4.56. The van der Waals surface area contributed by atoms with E-state index in [0.29, 0.717) is 12.5 Å². The van der Waals surface area contributed by atoms with Gasteiger partial charge in [0.25, 0.3) is 0 Å². The molecule has 0 aromatic heterocycles. The zero-order valence-corrected chi connectivity index (χ0v) is 13.0. The number of rotatable bonds is 5. The molecule has 1 aliphatic carbocycles. The summed E-state index contributed by atoms with van der Waals surface area (Å²) in [5, 5.41) is 0.237. The Balaban J connectivity index is 2.00. The molecule has 0 atom stereocenters. The standard InChI is InChI=1S/C12H15BrClNO2S/c13-10-4-5-12(11(14)8-10)18(16,17)15-7-6-9-2-1-3-9/h4-5,8-9,15H,1-3,6-7H2. The molecular weight excluding hydrogens is 338 g/mol. The third kappa shape index (κ3) is 3.47. The van der Waals surface area contributed by atoms with E-state index in [9.17, 15) is 8.42 Å². The maximum atomic E-state index is 12.0. The number of halogens is 2. The predicted octanol–water partition coefficient (Wildman–Crippen LogP) is 3.57. The van der Waals surface area contributed by atoms with Crippen molar-refractivity contribution in [1.29, 1.82) is 0 Å². The molecule has 0 bridgehead atoms. The van der Waals surface area contributed by atoms with Crippen LogP contribution in [0.15, 0.2) is 27.6 Å². The summed E-state index contributed by atoms with van der Waals surface area (Å²) in [5.74, 6) is 0.688. The first-order chi connectivity index (χ1) is 8.49. The van der Waals surface area contributed by atoms with Crippen LogP contribution in [0.2, 0.25) is 5.02 Å². The molecule has 3 nitrogen and oxygen atoms in total. The van der Waals surface area contributed by atoms with Gasteiger partial charge in [-0.25, -0.2) is 13.1 Å². The first-order valence-electron chi connectivity index (χ1n) is 5.94. The summed E-state index contributed by atoms with van der Waals surface area (Å²) in [7, 11) is -3.49. The van der Waals surface area contributed by atoms with Crippen molar-refractivity contribution in [2.75, 3.05) is 6.54 Å². The highest BCUT2D eigenvalue weighted by molar-refractivity contribution is 9.10. The molecule has 0 heterocycles. The van der Waals surface area contributed by atoms with E-state index in [2.05, 4.69) is 20.7 Å². The summed E-state index contributed by atoms with van der Waals surface area (Å²) in [6.45, 7) is 0.486. The van der Waals surface area contributed by atoms with Crippen LogP contribution in [0.1, 0.15) is 25.7 Å². The Bertz CT molecular complexity index is 529. The molecule has 1 N–H and O–H groups in total. The lowest BCUT2D eigenvalue weighted by atomic mass is 9.83. The summed E-state index contributed by atoms with van der Waals surface area (Å²) >= 11 is 9.20. The van der Waals surface area contributed by atoms with Crippen LogP contribution in [0, 0.1) is 5.92 Å². The number of benzene rings is 1. The van der Waals surface area contributed by atoms with Gasteiger partial charge in [0.1, 0.15) is 4.90 Å². The molecule has 0 spiro atoms. The van der Waals surface area contributed by atoms with E-state index in [1.165, 1.54) is 25.3 Å². The molecule has 0 aliphatic heterocycles. The summed E-state index contributed by atoms with van der Waals surface area (Å²) in [4.78, 5) is 0.140.